The standard InChI is InChI=1S/C25H16Cl2INO5S/c1-33-20-11-15(10-19(28)22(20)34-24(31)16-5-3-2-4-6-16)12-21-23(30)29(25(32)35-21)13-14-7-8-17(26)18(27)9-14/h2-12H,13H2,1H3/b21-12-. The lowest BCUT2D eigenvalue weighted by Crippen LogP contribution is -2.27. The second kappa shape index (κ2) is 11.0. The van der Waals surface area contributed by atoms with Crippen LogP contribution in [0.3, 0.4) is 0 Å². The van der Waals surface area contributed by atoms with E-state index in [-0.39, 0.29) is 22.4 Å². The molecule has 0 spiro atoms. The first-order valence-electron chi connectivity index (χ1n) is 10.1. The molecule has 0 aliphatic carbocycles. The fourth-order valence-electron chi connectivity index (χ4n) is 3.26. The quantitative estimate of drug-likeness (QED) is 0.124. The summed E-state index contributed by atoms with van der Waals surface area (Å²) in [5.41, 5.74) is 1.71. The Balaban J connectivity index is 1.56. The summed E-state index contributed by atoms with van der Waals surface area (Å²) in [6.45, 7) is 0.0775. The van der Waals surface area contributed by atoms with E-state index in [4.69, 9.17) is 32.7 Å². The zero-order valence-electron chi connectivity index (χ0n) is 18.1. The lowest BCUT2D eigenvalue weighted by atomic mass is 10.1. The van der Waals surface area contributed by atoms with E-state index in [1.165, 1.54) is 7.11 Å². The van der Waals surface area contributed by atoms with Gasteiger partial charge in [0.15, 0.2) is 11.5 Å². The van der Waals surface area contributed by atoms with Gasteiger partial charge in [0.2, 0.25) is 0 Å². The Hall–Kier alpha value is -2.53. The molecule has 1 saturated heterocycles. The first-order valence-corrected chi connectivity index (χ1v) is 12.8. The summed E-state index contributed by atoms with van der Waals surface area (Å²) in [7, 11) is 1.46. The molecular formula is C25H16Cl2INO5S. The summed E-state index contributed by atoms with van der Waals surface area (Å²) in [6, 6.07) is 17.0. The third-order valence-corrected chi connectivity index (χ3v) is 7.40. The minimum atomic E-state index is -0.516. The molecule has 1 aliphatic rings. The Bertz CT molecular complexity index is 1360. The number of methoxy groups -OCH3 is 1. The van der Waals surface area contributed by atoms with E-state index in [1.807, 2.05) is 28.7 Å². The molecule has 0 atom stereocenters. The van der Waals surface area contributed by atoms with E-state index in [0.29, 0.717) is 36.1 Å². The number of rotatable bonds is 6. The number of esters is 1. The largest absolute Gasteiger partial charge is 0.493 e. The van der Waals surface area contributed by atoms with E-state index in [2.05, 4.69) is 0 Å². The van der Waals surface area contributed by atoms with Crippen LogP contribution in [-0.4, -0.2) is 29.1 Å². The number of carbonyl (C=O) groups excluding carboxylic acids is 3. The highest BCUT2D eigenvalue weighted by Crippen LogP contribution is 2.38. The monoisotopic (exact) mass is 639 g/mol. The normalized spacial score (nSPS) is 14.5. The van der Waals surface area contributed by atoms with Crippen molar-refractivity contribution < 1.29 is 23.9 Å². The van der Waals surface area contributed by atoms with Crippen LogP contribution in [0.25, 0.3) is 6.08 Å². The summed E-state index contributed by atoms with van der Waals surface area (Å²) >= 11 is 14.9. The van der Waals surface area contributed by atoms with Crippen molar-refractivity contribution in [2.24, 2.45) is 0 Å². The molecule has 1 heterocycles. The first-order chi connectivity index (χ1) is 16.8. The van der Waals surface area contributed by atoms with Crippen molar-refractivity contribution >= 4 is 80.7 Å². The van der Waals surface area contributed by atoms with Crippen LogP contribution in [0.2, 0.25) is 10.0 Å². The molecular weight excluding hydrogens is 624 g/mol. The number of benzene rings is 3. The second-order valence-corrected chi connectivity index (χ2v) is 10.3. The zero-order chi connectivity index (χ0) is 25.1. The smallest absolute Gasteiger partial charge is 0.343 e. The molecule has 6 nitrogen and oxygen atoms in total. The molecule has 1 aliphatic heterocycles. The van der Waals surface area contributed by atoms with Gasteiger partial charge in [0.25, 0.3) is 11.1 Å². The van der Waals surface area contributed by atoms with Gasteiger partial charge in [-0.15, -0.1) is 0 Å². The maximum atomic E-state index is 12.9. The van der Waals surface area contributed by atoms with Crippen LogP contribution in [0.4, 0.5) is 4.79 Å². The fraction of sp³-hybridized carbons (Fsp3) is 0.0800. The Morgan fingerprint density at radius 1 is 1.06 bits per heavy atom. The van der Waals surface area contributed by atoms with E-state index in [9.17, 15) is 14.4 Å². The highest BCUT2D eigenvalue weighted by Gasteiger charge is 2.35. The maximum Gasteiger partial charge on any atom is 0.343 e. The number of hydrogen-bond acceptors (Lipinski definition) is 6. The number of nitrogens with zero attached hydrogens (tertiary/aromatic N) is 1. The summed E-state index contributed by atoms with van der Waals surface area (Å²) in [5.74, 6) is -0.341. The average Bonchev–Trinajstić information content (AvgIpc) is 3.10. The van der Waals surface area contributed by atoms with Gasteiger partial charge in [0, 0.05) is 0 Å². The van der Waals surface area contributed by atoms with E-state index in [1.54, 1.807) is 60.7 Å². The fourth-order valence-corrected chi connectivity index (χ4v) is 5.15. The molecule has 178 valence electrons. The predicted molar refractivity (Wildman–Crippen MR) is 145 cm³/mol. The molecule has 0 N–H and O–H groups in total. The van der Waals surface area contributed by atoms with E-state index in [0.717, 1.165) is 16.7 Å². The molecule has 3 aromatic rings. The lowest BCUT2D eigenvalue weighted by Gasteiger charge is -2.13. The molecule has 1 fully saturated rings. The number of thioether (sulfide) groups is 1. The minimum absolute atomic E-state index is 0.0775. The van der Waals surface area contributed by atoms with Crippen LogP contribution in [0.1, 0.15) is 21.5 Å². The van der Waals surface area contributed by atoms with Gasteiger partial charge in [0.1, 0.15) is 0 Å². The zero-order valence-corrected chi connectivity index (χ0v) is 22.6. The van der Waals surface area contributed by atoms with Crippen LogP contribution in [0.15, 0.2) is 65.6 Å². The summed E-state index contributed by atoms with van der Waals surface area (Å²) in [5, 5.41) is 0.356. The van der Waals surface area contributed by atoms with Crippen molar-refractivity contribution in [2.75, 3.05) is 7.11 Å². The molecule has 0 saturated carbocycles. The van der Waals surface area contributed by atoms with Crippen molar-refractivity contribution in [1.82, 2.24) is 4.90 Å². The molecule has 4 rings (SSSR count). The summed E-state index contributed by atoms with van der Waals surface area (Å²) < 4.78 is 11.6. The van der Waals surface area contributed by atoms with Gasteiger partial charge in [0.05, 0.1) is 37.7 Å². The Kier molecular flexibility index (Phi) is 8.05. The van der Waals surface area contributed by atoms with Crippen molar-refractivity contribution in [3.05, 3.63) is 95.9 Å². The molecule has 3 aromatic carbocycles. The van der Waals surface area contributed by atoms with Crippen molar-refractivity contribution in [3.8, 4) is 11.5 Å². The van der Waals surface area contributed by atoms with Crippen LogP contribution >= 0.6 is 57.6 Å². The SMILES string of the molecule is COc1cc(/C=C2\SC(=O)N(Cc3ccc(Cl)c(Cl)c3)C2=O)cc(I)c1OC(=O)c1ccccc1. The van der Waals surface area contributed by atoms with E-state index >= 15 is 0 Å². The molecule has 0 aromatic heterocycles. The van der Waals surface area contributed by atoms with Crippen LogP contribution < -0.4 is 9.47 Å². The first kappa shape index (κ1) is 25.6. The summed E-state index contributed by atoms with van der Waals surface area (Å²) in [4.78, 5) is 39.4. The van der Waals surface area contributed by atoms with Crippen LogP contribution in [0, 0.1) is 3.57 Å². The van der Waals surface area contributed by atoms with Crippen molar-refractivity contribution in [1.29, 1.82) is 0 Å². The van der Waals surface area contributed by atoms with Crippen LogP contribution in [0.5, 0.6) is 11.5 Å². The molecule has 0 radical (unpaired) electrons. The number of amides is 2. The minimum Gasteiger partial charge on any atom is -0.493 e. The molecule has 35 heavy (non-hydrogen) atoms. The van der Waals surface area contributed by atoms with Gasteiger partial charge in [-0.25, -0.2) is 4.79 Å². The Morgan fingerprint density at radius 3 is 2.49 bits per heavy atom. The third-order valence-electron chi connectivity index (χ3n) is 4.95. The second-order valence-electron chi connectivity index (χ2n) is 7.31. The van der Waals surface area contributed by atoms with Gasteiger partial charge in [-0.1, -0.05) is 47.5 Å². The summed E-state index contributed by atoms with van der Waals surface area (Å²) in [6.07, 6.45) is 1.60. The van der Waals surface area contributed by atoms with Crippen molar-refractivity contribution in [3.63, 3.8) is 0 Å². The van der Waals surface area contributed by atoms with Gasteiger partial charge < -0.3 is 9.47 Å². The van der Waals surface area contributed by atoms with Gasteiger partial charge in [-0.3, -0.25) is 14.5 Å². The highest BCUT2D eigenvalue weighted by atomic mass is 127. The number of imide groups is 1. The van der Waals surface area contributed by atoms with Gasteiger partial charge >= 0.3 is 5.97 Å². The number of carbonyl (C=O) groups is 3. The third kappa shape index (κ3) is 5.83. The Labute approximate surface area is 229 Å². The van der Waals surface area contributed by atoms with Gasteiger partial charge in [-0.05, 0) is 88.0 Å². The molecule has 0 unspecified atom stereocenters. The van der Waals surface area contributed by atoms with Crippen molar-refractivity contribution in [2.45, 2.75) is 6.54 Å². The van der Waals surface area contributed by atoms with E-state index < -0.39 is 11.9 Å². The Morgan fingerprint density at radius 2 is 1.80 bits per heavy atom. The molecule has 10 heteroatoms. The number of ether oxygens (including phenoxy) is 2. The lowest BCUT2D eigenvalue weighted by molar-refractivity contribution is -0.123. The van der Waals surface area contributed by atoms with Crippen LogP contribution in [-0.2, 0) is 11.3 Å². The maximum absolute atomic E-state index is 12.9. The highest BCUT2D eigenvalue weighted by molar-refractivity contribution is 14.1. The number of halogens is 3. The predicted octanol–water partition coefficient (Wildman–Crippen LogP) is 7.06. The molecule has 0 bridgehead atoms. The molecule has 2 amide bonds. The average molecular weight is 640 g/mol. The topological polar surface area (TPSA) is 72.9 Å². The number of hydrogen-bond donors (Lipinski definition) is 0. The van der Waals surface area contributed by atoms with Gasteiger partial charge in [-0.2, -0.15) is 0 Å².